The first-order valence-corrected chi connectivity index (χ1v) is 5.73. The predicted octanol–water partition coefficient (Wildman–Crippen LogP) is 0.0346. The standard InChI is InChI=1S/C11H15N5O4/c1-13-10(17)7-2-3-9(16(19)20)8(6-7)14-4-5-15-11(12)18/h2-3,6,14H,4-5H2,1H3,(H,13,17)(H3,12,15,18). The number of nitrogens with zero attached hydrogens (tertiary/aromatic N) is 1. The number of amides is 3. The van der Waals surface area contributed by atoms with Crippen LogP contribution in [0.25, 0.3) is 0 Å². The summed E-state index contributed by atoms with van der Waals surface area (Å²) >= 11 is 0. The Morgan fingerprint density at radius 3 is 2.60 bits per heavy atom. The molecule has 0 heterocycles. The molecule has 0 aliphatic carbocycles. The van der Waals surface area contributed by atoms with Crippen molar-refractivity contribution in [2.24, 2.45) is 5.73 Å². The van der Waals surface area contributed by atoms with Crippen molar-refractivity contribution < 1.29 is 14.5 Å². The molecule has 0 saturated heterocycles. The van der Waals surface area contributed by atoms with Crippen LogP contribution in [-0.4, -0.2) is 37.0 Å². The van der Waals surface area contributed by atoms with Crippen LogP contribution in [0, 0.1) is 10.1 Å². The van der Waals surface area contributed by atoms with Gasteiger partial charge in [-0.05, 0) is 12.1 Å². The van der Waals surface area contributed by atoms with Crippen molar-refractivity contribution in [1.82, 2.24) is 10.6 Å². The summed E-state index contributed by atoms with van der Waals surface area (Å²) in [6.07, 6.45) is 0. The number of hydrogen-bond acceptors (Lipinski definition) is 5. The van der Waals surface area contributed by atoms with Crippen LogP contribution in [0.5, 0.6) is 0 Å². The normalized spacial score (nSPS) is 9.65. The van der Waals surface area contributed by atoms with Crippen LogP contribution in [0.3, 0.4) is 0 Å². The van der Waals surface area contributed by atoms with E-state index in [1.807, 2.05) is 0 Å². The second-order valence-corrected chi connectivity index (χ2v) is 3.79. The molecule has 0 atom stereocenters. The molecule has 108 valence electrons. The summed E-state index contributed by atoms with van der Waals surface area (Å²) in [4.78, 5) is 32.3. The zero-order valence-corrected chi connectivity index (χ0v) is 10.8. The van der Waals surface area contributed by atoms with Crippen molar-refractivity contribution in [3.63, 3.8) is 0 Å². The molecule has 3 amide bonds. The van der Waals surface area contributed by atoms with Crippen LogP contribution in [0.15, 0.2) is 18.2 Å². The number of benzene rings is 1. The minimum atomic E-state index is -0.680. The molecule has 9 heteroatoms. The largest absolute Gasteiger partial charge is 0.378 e. The number of nitro groups is 1. The summed E-state index contributed by atoms with van der Waals surface area (Å²) < 4.78 is 0. The van der Waals surface area contributed by atoms with Gasteiger partial charge in [0, 0.05) is 31.8 Å². The highest BCUT2D eigenvalue weighted by molar-refractivity contribution is 5.95. The summed E-state index contributed by atoms with van der Waals surface area (Å²) in [5.74, 6) is -0.349. The van der Waals surface area contributed by atoms with E-state index >= 15 is 0 Å². The third kappa shape index (κ3) is 4.12. The van der Waals surface area contributed by atoms with Crippen LogP contribution >= 0.6 is 0 Å². The van der Waals surface area contributed by atoms with Crippen molar-refractivity contribution >= 4 is 23.3 Å². The van der Waals surface area contributed by atoms with E-state index in [1.54, 1.807) is 0 Å². The Morgan fingerprint density at radius 2 is 2.05 bits per heavy atom. The number of nitro benzene ring substituents is 1. The molecular weight excluding hydrogens is 266 g/mol. The maximum absolute atomic E-state index is 11.5. The Hall–Kier alpha value is -2.84. The van der Waals surface area contributed by atoms with Crippen molar-refractivity contribution in [2.45, 2.75) is 0 Å². The van der Waals surface area contributed by atoms with Crippen LogP contribution in [0.2, 0.25) is 0 Å². The van der Waals surface area contributed by atoms with Gasteiger partial charge in [-0.3, -0.25) is 14.9 Å². The first kappa shape index (κ1) is 15.2. The van der Waals surface area contributed by atoms with E-state index < -0.39 is 11.0 Å². The van der Waals surface area contributed by atoms with Gasteiger partial charge in [0.05, 0.1) is 4.92 Å². The molecule has 20 heavy (non-hydrogen) atoms. The molecule has 0 radical (unpaired) electrons. The van der Waals surface area contributed by atoms with E-state index in [2.05, 4.69) is 16.0 Å². The van der Waals surface area contributed by atoms with Gasteiger partial charge in [0.1, 0.15) is 5.69 Å². The van der Waals surface area contributed by atoms with Crippen LogP contribution in [0.4, 0.5) is 16.2 Å². The van der Waals surface area contributed by atoms with Crippen molar-refractivity contribution in [1.29, 1.82) is 0 Å². The highest BCUT2D eigenvalue weighted by Gasteiger charge is 2.16. The second kappa shape index (κ2) is 6.92. The van der Waals surface area contributed by atoms with E-state index in [-0.39, 0.29) is 30.4 Å². The lowest BCUT2D eigenvalue weighted by atomic mass is 10.1. The monoisotopic (exact) mass is 281 g/mol. The van der Waals surface area contributed by atoms with E-state index in [1.165, 1.54) is 25.2 Å². The molecule has 9 nitrogen and oxygen atoms in total. The van der Waals surface area contributed by atoms with Gasteiger partial charge in [0.2, 0.25) is 0 Å². The minimum absolute atomic E-state index is 0.156. The van der Waals surface area contributed by atoms with Gasteiger partial charge >= 0.3 is 6.03 Å². The van der Waals surface area contributed by atoms with E-state index in [0.29, 0.717) is 5.56 Å². The summed E-state index contributed by atoms with van der Waals surface area (Å²) in [7, 11) is 1.47. The molecule has 0 aliphatic heterocycles. The lowest BCUT2D eigenvalue weighted by molar-refractivity contribution is -0.384. The zero-order chi connectivity index (χ0) is 15.1. The number of urea groups is 1. The second-order valence-electron chi connectivity index (χ2n) is 3.79. The number of nitrogens with one attached hydrogen (secondary N) is 3. The number of rotatable bonds is 6. The molecule has 1 rings (SSSR count). The molecule has 0 bridgehead atoms. The molecule has 0 saturated carbocycles. The highest BCUT2D eigenvalue weighted by Crippen LogP contribution is 2.25. The number of carbonyl (C=O) groups is 2. The van der Waals surface area contributed by atoms with Gasteiger partial charge in [-0.25, -0.2) is 4.79 Å². The van der Waals surface area contributed by atoms with Crippen molar-refractivity contribution in [2.75, 3.05) is 25.5 Å². The Bertz CT molecular complexity index is 532. The zero-order valence-electron chi connectivity index (χ0n) is 10.8. The first-order valence-electron chi connectivity index (χ1n) is 5.73. The fourth-order valence-corrected chi connectivity index (χ4v) is 1.51. The SMILES string of the molecule is CNC(=O)c1ccc([N+](=O)[O-])c(NCCNC(N)=O)c1. The van der Waals surface area contributed by atoms with Gasteiger partial charge < -0.3 is 21.7 Å². The number of primary amides is 1. The predicted molar refractivity (Wildman–Crippen MR) is 72.6 cm³/mol. The number of carbonyl (C=O) groups excluding carboxylic acids is 2. The maximum atomic E-state index is 11.5. The Labute approximate surface area is 114 Å². The average Bonchev–Trinajstić information content (AvgIpc) is 2.42. The number of hydrogen-bond donors (Lipinski definition) is 4. The number of anilines is 1. The highest BCUT2D eigenvalue weighted by atomic mass is 16.6. The van der Waals surface area contributed by atoms with Crippen LogP contribution in [0.1, 0.15) is 10.4 Å². The van der Waals surface area contributed by atoms with E-state index in [0.717, 1.165) is 0 Å². The number of nitrogens with two attached hydrogens (primary N) is 1. The minimum Gasteiger partial charge on any atom is -0.378 e. The molecule has 0 aromatic heterocycles. The molecule has 5 N–H and O–H groups in total. The Kier molecular flexibility index (Phi) is 5.27. The van der Waals surface area contributed by atoms with Crippen LogP contribution in [-0.2, 0) is 0 Å². The smallest absolute Gasteiger partial charge is 0.312 e. The first-order chi connectivity index (χ1) is 9.45. The third-order valence-electron chi connectivity index (χ3n) is 2.42. The lowest BCUT2D eigenvalue weighted by Crippen LogP contribution is -2.33. The molecule has 0 unspecified atom stereocenters. The van der Waals surface area contributed by atoms with Crippen molar-refractivity contribution in [3.05, 3.63) is 33.9 Å². The Balaban J connectivity index is 2.86. The molecular formula is C11H15N5O4. The molecule has 1 aromatic rings. The van der Waals surface area contributed by atoms with E-state index in [9.17, 15) is 19.7 Å². The summed E-state index contributed by atoms with van der Waals surface area (Å²) in [6, 6.07) is 3.31. The van der Waals surface area contributed by atoms with Crippen LogP contribution < -0.4 is 21.7 Å². The Morgan fingerprint density at radius 1 is 1.35 bits per heavy atom. The molecule has 1 aromatic carbocycles. The van der Waals surface area contributed by atoms with Gasteiger partial charge in [-0.1, -0.05) is 0 Å². The van der Waals surface area contributed by atoms with Gasteiger partial charge in [-0.15, -0.1) is 0 Å². The van der Waals surface area contributed by atoms with Gasteiger partial charge in [0.25, 0.3) is 11.6 Å². The summed E-state index contributed by atoms with van der Waals surface area (Å²) in [6.45, 7) is 0.442. The topological polar surface area (TPSA) is 139 Å². The summed E-state index contributed by atoms with van der Waals surface area (Å²) in [5, 5.41) is 18.4. The third-order valence-corrected chi connectivity index (χ3v) is 2.42. The van der Waals surface area contributed by atoms with E-state index in [4.69, 9.17) is 5.73 Å². The summed E-state index contributed by atoms with van der Waals surface area (Å²) in [5.41, 5.74) is 5.23. The fraction of sp³-hybridized carbons (Fsp3) is 0.273. The molecule has 0 aliphatic rings. The van der Waals surface area contributed by atoms with Gasteiger partial charge in [-0.2, -0.15) is 0 Å². The molecule has 0 fully saturated rings. The maximum Gasteiger partial charge on any atom is 0.312 e. The lowest BCUT2D eigenvalue weighted by Gasteiger charge is -2.09. The fourth-order valence-electron chi connectivity index (χ4n) is 1.51. The quantitative estimate of drug-likeness (QED) is 0.331. The van der Waals surface area contributed by atoms with Crippen molar-refractivity contribution in [3.8, 4) is 0 Å². The molecule has 0 spiro atoms. The average molecular weight is 281 g/mol. The van der Waals surface area contributed by atoms with Gasteiger partial charge in [0.15, 0.2) is 0 Å².